The molecule has 1 aliphatic rings. The SMILES string of the molecule is [2H]C(CCCCCCCCCCC)C1C=CC=CO1. The van der Waals surface area contributed by atoms with Crippen LogP contribution in [0.25, 0.3) is 0 Å². The minimum absolute atomic E-state index is 0.0287. The van der Waals surface area contributed by atoms with Crippen molar-refractivity contribution in [3.8, 4) is 0 Å². The van der Waals surface area contributed by atoms with E-state index in [9.17, 15) is 0 Å². The number of hydrogen-bond donors (Lipinski definition) is 0. The Morgan fingerprint density at radius 2 is 1.50 bits per heavy atom. The van der Waals surface area contributed by atoms with Gasteiger partial charge in [-0.25, -0.2) is 0 Å². The minimum Gasteiger partial charge on any atom is -0.494 e. The van der Waals surface area contributed by atoms with Gasteiger partial charge in [-0.05, 0) is 25.0 Å². The molecule has 1 rings (SSSR count). The van der Waals surface area contributed by atoms with Crippen molar-refractivity contribution < 1.29 is 6.11 Å². The number of allylic oxidation sites excluding steroid dienone is 2. The highest BCUT2D eigenvalue weighted by Crippen LogP contribution is 2.14. The van der Waals surface area contributed by atoms with E-state index < -0.39 is 0 Å². The van der Waals surface area contributed by atoms with Crippen molar-refractivity contribution in [2.24, 2.45) is 0 Å². The molecule has 1 aliphatic heterocycles. The van der Waals surface area contributed by atoms with Crippen LogP contribution in [-0.4, -0.2) is 6.10 Å². The quantitative estimate of drug-likeness (QED) is 0.424. The van der Waals surface area contributed by atoms with E-state index in [1.807, 2.05) is 18.2 Å². The van der Waals surface area contributed by atoms with Crippen LogP contribution in [0.4, 0.5) is 0 Å². The van der Waals surface area contributed by atoms with E-state index in [2.05, 4.69) is 6.92 Å². The molecule has 0 aromatic rings. The summed E-state index contributed by atoms with van der Waals surface area (Å²) in [7, 11) is 0. The molecule has 0 aliphatic carbocycles. The zero-order valence-corrected chi connectivity index (χ0v) is 11.9. The average Bonchev–Trinajstić information content (AvgIpc) is 2.46. The molecule has 104 valence electrons. The van der Waals surface area contributed by atoms with Crippen molar-refractivity contribution in [1.29, 1.82) is 0 Å². The van der Waals surface area contributed by atoms with Crippen LogP contribution >= 0.6 is 0 Å². The number of hydrogen-bond acceptors (Lipinski definition) is 1. The third kappa shape index (κ3) is 8.38. The Hall–Kier alpha value is -0.720. The third-order valence-corrected chi connectivity index (χ3v) is 3.43. The minimum atomic E-state index is -0.106. The summed E-state index contributed by atoms with van der Waals surface area (Å²) < 4.78 is 13.5. The van der Waals surface area contributed by atoms with E-state index in [4.69, 9.17) is 6.11 Å². The van der Waals surface area contributed by atoms with Gasteiger partial charge < -0.3 is 4.74 Å². The summed E-state index contributed by atoms with van der Waals surface area (Å²) in [6, 6.07) is 0. The number of rotatable bonds is 11. The molecule has 0 radical (unpaired) electrons. The van der Waals surface area contributed by atoms with Crippen LogP contribution in [0, 0.1) is 0 Å². The van der Waals surface area contributed by atoms with Crippen molar-refractivity contribution in [3.63, 3.8) is 0 Å². The van der Waals surface area contributed by atoms with Gasteiger partial charge in [0.2, 0.25) is 0 Å². The van der Waals surface area contributed by atoms with Gasteiger partial charge in [0.05, 0.1) is 6.26 Å². The summed E-state index contributed by atoms with van der Waals surface area (Å²) in [4.78, 5) is 0. The van der Waals surface area contributed by atoms with E-state index in [1.165, 1.54) is 57.8 Å². The molecule has 1 heterocycles. The van der Waals surface area contributed by atoms with Gasteiger partial charge in [0.25, 0.3) is 0 Å². The van der Waals surface area contributed by atoms with E-state index in [0.29, 0.717) is 0 Å². The summed E-state index contributed by atoms with van der Waals surface area (Å²) in [5.74, 6) is 0. The lowest BCUT2D eigenvalue weighted by molar-refractivity contribution is 0.170. The maximum absolute atomic E-state index is 8.05. The lowest BCUT2D eigenvalue weighted by atomic mass is 10.0. The first-order chi connectivity index (χ1) is 9.34. The monoisotopic (exact) mass is 251 g/mol. The van der Waals surface area contributed by atoms with Gasteiger partial charge in [-0.3, -0.25) is 0 Å². The van der Waals surface area contributed by atoms with E-state index in [-0.39, 0.29) is 12.5 Å². The summed E-state index contributed by atoms with van der Waals surface area (Å²) in [6.07, 6.45) is 20.4. The van der Waals surface area contributed by atoms with Gasteiger partial charge in [0.15, 0.2) is 0 Å². The smallest absolute Gasteiger partial charge is 0.116 e. The third-order valence-electron chi connectivity index (χ3n) is 3.43. The second-order valence-electron chi connectivity index (χ2n) is 5.17. The van der Waals surface area contributed by atoms with Gasteiger partial charge in [-0.2, -0.15) is 0 Å². The van der Waals surface area contributed by atoms with Crippen LogP contribution in [0.5, 0.6) is 0 Å². The van der Waals surface area contributed by atoms with Gasteiger partial charge in [0.1, 0.15) is 6.10 Å². The first-order valence-electron chi connectivity index (χ1n) is 8.33. The fraction of sp³-hybridized carbons (Fsp3) is 0.765. The zero-order chi connectivity index (χ0) is 13.8. The number of ether oxygens (including phenoxy) is 1. The molecule has 0 amide bonds. The van der Waals surface area contributed by atoms with Crippen molar-refractivity contribution in [3.05, 3.63) is 24.5 Å². The normalized spacial score (nSPS) is 20.5. The van der Waals surface area contributed by atoms with Crippen molar-refractivity contribution in [2.75, 3.05) is 0 Å². The molecule has 2 atom stereocenters. The highest BCUT2D eigenvalue weighted by Gasteiger charge is 2.04. The van der Waals surface area contributed by atoms with Crippen LogP contribution in [-0.2, 0) is 4.74 Å². The Balaban J connectivity index is 1.87. The second kappa shape index (κ2) is 11.4. The summed E-state index contributed by atoms with van der Waals surface area (Å²) in [5, 5.41) is 0. The molecule has 1 nitrogen and oxygen atoms in total. The Morgan fingerprint density at radius 3 is 2.06 bits per heavy atom. The van der Waals surface area contributed by atoms with E-state index in [1.54, 1.807) is 6.26 Å². The van der Waals surface area contributed by atoms with E-state index in [0.717, 1.165) is 6.42 Å². The fourth-order valence-corrected chi connectivity index (χ4v) is 2.27. The van der Waals surface area contributed by atoms with Crippen molar-refractivity contribution >= 4 is 0 Å². The van der Waals surface area contributed by atoms with Gasteiger partial charge in [0, 0.05) is 1.37 Å². The molecule has 0 aromatic carbocycles. The van der Waals surface area contributed by atoms with Crippen molar-refractivity contribution in [1.82, 2.24) is 0 Å². The molecular formula is C17H30O. The van der Waals surface area contributed by atoms with Crippen LogP contribution in [0.15, 0.2) is 24.5 Å². The van der Waals surface area contributed by atoms with Gasteiger partial charge in [-0.15, -0.1) is 0 Å². The maximum Gasteiger partial charge on any atom is 0.116 e. The Bertz CT molecular complexity index is 260. The molecule has 0 saturated heterocycles. The van der Waals surface area contributed by atoms with Crippen LogP contribution in [0.3, 0.4) is 0 Å². The first kappa shape index (κ1) is 13.7. The van der Waals surface area contributed by atoms with Gasteiger partial charge >= 0.3 is 0 Å². The molecule has 0 aromatic heterocycles. The molecular weight excluding hydrogens is 220 g/mol. The molecule has 0 N–H and O–H groups in total. The van der Waals surface area contributed by atoms with Gasteiger partial charge in [-0.1, -0.05) is 70.8 Å². The largest absolute Gasteiger partial charge is 0.494 e. The Labute approximate surface area is 115 Å². The van der Waals surface area contributed by atoms with E-state index >= 15 is 0 Å². The highest BCUT2D eigenvalue weighted by atomic mass is 16.5. The Morgan fingerprint density at radius 1 is 0.889 bits per heavy atom. The fourth-order valence-electron chi connectivity index (χ4n) is 2.27. The average molecular weight is 251 g/mol. The summed E-state index contributed by atoms with van der Waals surface area (Å²) in [5.41, 5.74) is 0. The molecule has 0 saturated carbocycles. The number of unbranched alkanes of at least 4 members (excludes halogenated alkanes) is 8. The molecule has 2 unspecified atom stereocenters. The highest BCUT2D eigenvalue weighted by molar-refractivity contribution is 5.07. The predicted octanol–water partition coefficient (Wildman–Crippen LogP) is 5.77. The first-order valence-corrected chi connectivity index (χ1v) is 7.75. The Kier molecular flexibility index (Phi) is 8.66. The van der Waals surface area contributed by atoms with Crippen LogP contribution < -0.4 is 0 Å². The molecule has 18 heavy (non-hydrogen) atoms. The molecule has 0 fully saturated rings. The van der Waals surface area contributed by atoms with Crippen molar-refractivity contribution in [2.45, 2.75) is 83.6 Å². The molecule has 1 heteroatoms. The zero-order valence-electron chi connectivity index (χ0n) is 12.9. The maximum atomic E-state index is 8.05. The second-order valence-corrected chi connectivity index (χ2v) is 5.17. The lowest BCUT2D eigenvalue weighted by Crippen LogP contribution is -2.07. The lowest BCUT2D eigenvalue weighted by Gasteiger charge is -2.14. The van der Waals surface area contributed by atoms with Crippen LogP contribution in [0.2, 0.25) is 0 Å². The summed E-state index contributed by atoms with van der Waals surface area (Å²) in [6.45, 7) is 2.26. The molecule has 0 bridgehead atoms. The summed E-state index contributed by atoms with van der Waals surface area (Å²) >= 11 is 0. The topological polar surface area (TPSA) is 9.23 Å². The molecule has 0 spiro atoms. The predicted molar refractivity (Wildman–Crippen MR) is 79.6 cm³/mol. The standard InChI is InChI=1S/C17H30O/c1-2-3-4-5-6-7-8-9-10-11-14-17-15-12-13-16-18-17/h12-13,15-17H,2-11,14H2,1H3/i14D. The van der Waals surface area contributed by atoms with Crippen LogP contribution in [0.1, 0.15) is 78.9 Å².